The van der Waals surface area contributed by atoms with E-state index in [1.807, 2.05) is 24.3 Å². The lowest BCUT2D eigenvalue weighted by Crippen LogP contribution is -2.43. The summed E-state index contributed by atoms with van der Waals surface area (Å²) < 4.78 is 1.59. The van der Waals surface area contributed by atoms with Gasteiger partial charge in [0.15, 0.2) is 5.96 Å². The number of anilines is 1. The minimum absolute atomic E-state index is 0.0170. The first-order valence-electron chi connectivity index (χ1n) is 10.4. The number of carbonyl (C=O) groups is 1. The molecular weight excluding hydrogens is 408 g/mol. The number of carbonyl (C=O) groups excluding carboxylic acids is 1. The van der Waals surface area contributed by atoms with Gasteiger partial charge in [0.1, 0.15) is 6.54 Å². The molecule has 1 amide bonds. The predicted molar refractivity (Wildman–Crippen MR) is 127 cm³/mol. The fourth-order valence-electron chi connectivity index (χ4n) is 3.06. The topological polar surface area (TPSA) is 83.3 Å². The smallest absolute Gasteiger partial charge is 0.246 e. The van der Waals surface area contributed by atoms with E-state index in [0.717, 1.165) is 30.3 Å². The summed E-state index contributed by atoms with van der Waals surface area (Å²) in [6.07, 6.45) is 3.42. The van der Waals surface area contributed by atoms with Crippen molar-refractivity contribution in [1.82, 2.24) is 20.4 Å². The second kappa shape index (κ2) is 10.8. The fraction of sp³-hybridized carbons (Fsp3) is 0.348. The van der Waals surface area contributed by atoms with Crippen LogP contribution in [0.25, 0.3) is 0 Å². The van der Waals surface area contributed by atoms with E-state index in [2.05, 4.69) is 59.3 Å². The summed E-state index contributed by atoms with van der Waals surface area (Å²) in [5.74, 6) is 0.662. The third kappa shape index (κ3) is 6.96. The van der Waals surface area contributed by atoms with Crippen LogP contribution in [0.15, 0.2) is 65.2 Å². The second-order valence-electron chi connectivity index (χ2n) is 7.86. The second-order valence-corrected chi connectivity index (χ2v) is 8.81. The zero-order valence-corrected chi connectivity index (χ0v) is 19.1. The summed E-state index contributed by atoms with van der Waals surface area (Å²) in [6, 6.07) is 13.8. The average molecular weight is 439 g/mol. The molecule has 0 atom stereocenters. The standard InChI is InChI=1S/C23H30N6OS/c1-4-24-22(26-17-23(2,3)20-10-6-13-31-20)25-15-18-8-5-9-19(14-18)28-21(30)16-29-12-7-11-27-29/h5-14H,4,15-17H2,1-3H3,(H,28,30)(H2,24,25,26). The van der Waals surface area contributed by atoms with Crippen LogP contribution in [-0.4, -0.2) is 34.7 Å². The quantitative estimate of drug-likeness (QED) is 0.352. The molecule has 1 aromatic carbocycles. The summed E-state index contributed by atoms with van der Waals surface area (Å²) in [5, 5.41) is 15.8. The molecular formula is C23H30N6OS. The Morgan fingerprint density at radius 2 is 2.06 bits per heavy atom. The summed E-state index contributed by atoms with van der Waals surface area (Å²) in [4.78, 5) is 18.3. The Morgan fingerprint density at radius 1 is 1.19 bits per heavy atom. The van der Waals surface area contributed by atoms with E-state index in [1.165, 1.54) is 4.88 Å². The van der Waals surface area contributed by atoms with Gasteiger partial charge in [0.2, 0.25) is 5.91 Å². The van der Waals surface area contributed by atoms with E-state index in [0.29, 0.717) is 6.54 Å². The van der Waals surface area contributed by atoms with Crippen molar-refractivity contribution in [3.63, 3.8) is 0 Å². The molecule has 0 saturated heterocycles. The Labute approximate surface area is 187 Å². The number of nitrogens with one attached hydrogen (secondary N) is 3. The van der Waals surface area contributed by atoms with Crippen LogP contribution in [0.5, 0.6) is 0 Å². The molecule has 0 aliphatic heterocycles. The number of guanidine groups is 1. The molecule has 31 heavy (non-hydrogen) atoms. The van der Waals surface area contributed by atoms with Gasteiger partial charge in [-0.05, 0) is 42.1 Å². The third-order valence-electron chi connectivity index (χ3n) is 4.73. The van der Waals surface area contributed by atoms with Crippen LogP contribution in [0.1, 0.15) is 31.2 Å². The highest BCUT2D eigenvalue weighted by molar-refractivity contribution is 7.10. The number of aliphatic imine (C=N–C) groups is 1. The minimum atomic E-state index is -0.116. The molecule has 0 fully saturated rings. The maximum absolute atomic E-state index is 12.2. The molecule has 164 valence electrons. The van der Waals surface area contributed by atoms with Crippen molar-refractivity contribution in [2.45, 2.75) is 39.3 Å². The molecule has 3 aromatic rings. The lowest BCUT2D eigenvalue weighted by atomic mass is 9.91. The highest BCUT2D eigenvalue weighted by atomic mass is 32.1. The first-order chi connectivity index (χ1) is 15.0. The Balaban J connectivity index is 1.58. The minimum Gasteiger partial charge on any atom is -0.357 e. The van der Waals surface area contributed by atoms with Crippen LogP contribution in [-0.2, 0) is 23.3 Å². The van der Waals surface area contributed by atoms with Crippen molar-refractivity contribution < 1.29 is 4.79 Å². The van der Waals surface area contributed by atoms with Crippen molar-refractivity contribution in [1.29, 1.82) is 0 Å². The summed E-state index contributed by atoms with van der Waals surface area (Å²) >= 11 is 1.77. The van der Waals surface area contributed by atoms with E-state index in [1.54, 1.807) is 34.5 Å². The van der Waals surface area contributed by atoms with E-state index in [-0.39, 0.29) is 17.9 Å². The molecule has 0 aliphatic rings. The predicted octanol–water partition coefficient (Wildman–Crippen LogP) is 3.62. The molecule has 3 rings (SSSR count). The molecule has 7 nitrogen and oxygen atoms in total. The molecule has 0 saturated carbocycles. The molecule has 2 heterocycles. The normalized spacial score (nSPS) is 11.9. The monoisotopic (exact) mass is 438 g/mol. The van der Waals surface area contributed by atoms with Crippen molar-refractivity contribution in [3.05, 3.63) is 70.7 Å². The molecule has 0 aliphatic carbocycles. The van der Waals surface area contributed by atoms with Crippen molar-refractivity contribution in [3.8, 4) is 0 Å². The third-order valence-corrected chi connectivity index (χ3v) is 5.96. The van der Waals surface area contributed by atoms with E-state index < -0.39 is 0 Å². The summed E-state index contributed by atoms with van der Waals surface area (Å²) in [5.41, 5.74) is 1.79. The van der Waals surface area contributed by atoms with Gasteiger partial charge in [0.25, 0.3) is 0 Å². The highest BCUT2D eigenvalue weighted by Crippen LogP contribution is 2.26. The Hall–Kier alpha value is -3.13. The van der Waals surface area contributed by atoms with E-state index in [9.17, 15) is 4.79 Å². The van der Waals surface area contributed by atoms with Gasteiger partial charge in [-0.15, -0.1) is 11.3 Å². The Kier molecular flexibility index (Phi) is 7.83. The number of amides is 1. The van der Waals surface area contributed by atoms with Crippen LogP contribution in [0, 0.1) is 0 Å². The van der Waals surface area contributed by atoms with E-state index in [4.69, 9.17) is 4.99 Å². The Morgan fingerprint density at radius 3 is 2.77 bits per heavy atom. The van der Waals surface area contributed by atoms with Crippen LogP contribution in [0.4, 0.5) is 5.69 Å². The lowest BCUT2D eigenvalue weighted by molar-refractivity contribution is -0.116. The summed E-state index contributed by atoms with van der Waals surface area (Å²) in [6.45, 7) is 8.77. The molecule has 2 aromatic heterocycles. The average Bonchev–Trinajstić information content (AvgIpc) is 3.45. The fourth-order valence-corrected chi connectivity index (χ4v) is 3.91. The zero-order valence-electron chi connectivity index (χ0n) is 18.3. The Bertz CT molecular complexity index is 979. The van der Waals surface area contributed by atoms with Crippen LogP contribution < -0.4 is 16.0 Å². The van der Waals surface area contributed by atoms with Gasteiger partial charge in [-0.25, -0.2) is 4.99 Å². The number of hydrogen-bond acceptors (Lipinski definition) is 4. The number of benzene rings is 1. The number of thiophene rings is 1. The van der Waals surface area contributed by atoms with Crippen molar-refractivity contribution >= 4 is 28.9 Å². The molecule has 0 bridgehead atoms. The largest absolute Gasteiger partial charge is 0.357 e. The molecule has 8 heteroatoms. The maximum Gasteiger partial charge on any atom is 0.246 e. The highest BCUT2D eigenvalue weighted by Gasteiger charge is 2.21. The first-order valence-corrected chi connectivity index (χ1v) is 11.3. The maximum atomic E-state index is 12.2. The number of hydrogen-bond donors (Lipinski definition) is 3. The van der Waals surface area contributed by atoms with Gasteiger partial charge in [0, 0.05) is 41.5 Å². The summed E-state index contributed by atoms with van der Waals surface area (Å²) in [7, 11) is 0. The van der Waals surface area contributed by atoms with Crippen molar-refractivity contribution in [2.75, 3.05) is 18.4 Å². The molecule has 3 N–H and O–H groups in total. The van der Waals surface area contributed by atoms with Crippen LogP contribution in [0.3, 0.4) is 0 Å². The zero-order chi connectivity index (χ0) is 22.1. The van der Waals surface area contributed by atoms with Gasteiger partial charge < -0.3 is 16.0 Å². The van der Waals surface area contributed by atoms with Gasteiger partial charge in [-0.2, -0.15) is 5.10 Å². The van der Waals surface area contributed by atoms with Gasteiger partial charge in [0.05, 0.1) is 6.54 Å². The number of nitrogens with zero attached hydrogens (tertiary/aromatic N) is 3. The van der Waals surface area contributed by atoms with Gasteiger partial charge in [-0.3, -0.25) is 9.48 Å². The first kappa shape index (κ1) is 22.6. The molecule has 0 spiro atoms. The van der Waals surface area contributed by atoms with Gasteiger partial charge >= 0.3 is 0 Å². The van der Waals surface area contributed by atoms with E-state index >= 15 is 0 Å². The van der Waals surface area contributed by atoms with Crippen molar-refractivity contribution in [2.24, 2.45) is 4.99 Å². The molecule has 0 unspecified atom stereocenters. The number of aromatic nitrogens is 2. The van der Waals surface area contributed by atoms with Gasteiger partial charge in [-0.1, -0.05) is 32.0 Å². The number of rotatable bonds is 9. The lowest BCUT2D eigenvalue weighted by Gasteiger charge is -2.25. The SMILES string of the molecule is CCNC(=NCc1cccc(NC(=O)Cn2cccn2)c1)NCC(C)(C)c1cccs1. The molecule has 0 radical (unpaired) electrons. The van der Waals surface area contributed by atoms with Crippen LogP contribution in [0.2, 0.25) is 0 Å². The van der Waals surface area contributed by atoms with Crippen LogP contribution >= 0.6 is 11.3 Å².